The Balaban J connectivity index is 1.48. The average Bonchev–Trinajstić information content (AvgIpc) is 3.33. The number of hydrogen-bond donors (Lipinski definition) is 1. The molecule has 124 valence electrons. The Morgan fingerprint density at radius 3 is 2.83 bits per heavy atom. The van der Waals surface area contributed by atoms with E-state index in [9.17, 15) is 9.59 Å². The number of aromatic nitrogens is 2. The van der Waals surface area contributed by atoms with Gasteiger partial charge in [-0.15, -0.1) is 0 Å². The maximum Gasteiger partial charge on any atom is 0.290 e. The van der Waals surface area contributed by atoms with Crippen LogP contribution in [0.3, 0.4) is 0 Å². The fraction of sp³-hybridized carbons (Fsp3) is 0.312. The molecule has 0 unspecified atom stereocenters. The first-order valence-corrected chi connectivity index (χ1v) is 7.71. The van der Waals surface area contributed by atoms with Gasteiger partial charge in [0.05, 0.1) is 18.9 Å². The van der Waals surface area contributed by atoms with E-state index < -0.39 is 0 Å². The largest absolute Gasteiger partial charge is 0.454 e. The van der Waals surface area contributed by atoms with Gasteiger partial charge in [0, 0.05) is 13.1 Å². The second kappa shape index (κ2) is 5.88. The number of carbonyl (C=O) groups excluding carboxylic acids is 2. The summed E-state index contributed by atoms with van der Waals surface area (Å²) in [7, 11) is 0. The van der Waals surface area contributed by atoms with E-state index in [4.69, 9.17) is 9.47 Å². The number of carbonyl (C=O) groups is 2. The molecule has 0 atom stereocenters. The molecule has 0 radical (unpaired) electrons. The molecule has 2 aliphatic heterocycles. The van der Waals surface area contributed by atoms with Gasteiger partial charge >= 0.3 is 0 Å². The lowest BCUT2D eigenvalue weighted by molar-refractivity contribution is -0.139. The van der Waals surface area contributed by atoms with Crippen LogP contribution in [0.4, 0.5) is 0 Å². The lowest BCUT2D eigenvalue weighted by atomic mass is 10.1. The molecule has 0 aliphatic carbocycles. The number of aromatic amines is 1. The van der Waals surface area contributed by atoms with E-state index in [1.54, 1.807) is 12.1 Å². The number of hydrogen-bond acceptors (Lipinski definition) is 5. The number of nitrogens with zero attached hydrogens (tertiary/aromatic N) is 3. The molecule has 24 heavy (non-hydrogen) atoms. The summed E-state index contributed by atoms with van der Waals surface area (Å²) < 4.78 is 10.6. The molecule has 1 saturated heterocycles. The zero-order valence-corrected chi connectivity index (χ0v) is 12.9. The SMILES string of the molecule is O=C(Cc1ccc2c(c1)OCO2)N1CCCN1C(=O)c1cnc[nH]1. The van der Waals surface area contributed by atoms with Crippen LogP contribution in [0.5, 0.6) is 11.5 Å². The summed E-state index contributed by atoms with van der Waals surface area (Å²) in [6.45, 7) is 1.25. The van der Waals surface area contributed by atoms with E-state index in [-0.39, 0.29) is 25.0 Å². The van der Waals surface area contributed by atoms with Crippen molar-refractivity contribution in [1.82, 2.24) is 20.0 Å². The Bertz CT molecular complexity index is 774. The molecular formula is C16H16N4O4. The van der Waals surface area contributed by atoms with Crippen molar-refractivity contribution < 1.29 is 19.1 Å². The lowest BCUT2D eigenvalue weighted by Gasteiger charge is -2.27. The molecule has 1 fully saturated rings. The zero-order chi connectivity index (χ0) is 16.5. The van der Waals surface area contributed by atoms with E-state index in [2.05, 4.69) is 9.97 Å². The number of fused-ring (bicyclic) bond motifs is 1. The van der Waals surface area contributed by atoms with Gasteiger partial charge < -0.3 is 14.5 Å². The van der Waals surface area contributed by atoms with Crippen molar-refractivity contribution in [3.05, 3.63) is 42.0 Å². The number of rotatable bonds is 3. The summed E-state index contributed by atoms with van der Waals surface area (Å²) in [6.07, 6.45) is 3.86. The molecule has 1 aromatic heterocycles. The molecular weight excluding hydrogens is 312 g/mol. The molecule has 2 aromatic rings. The van der Waals surface area contributed by atoms with E-state index in [0.29, 0.717) is 30.3 Å². The molecule has 1 aromatic carbocycles. The Hall–Kier alpha value is -3.03. The number of hydrazine groups is 1. The molecule has 8 heteroatoms. The first-order chi connectivity index (χ1) is 11.7. The van der Waals surface area contributed by atoms with Crippen molar-refractivity contribution in [3.8, 4) is 11.5 Å². The van der Waals surface area contributed by atoms with E-state index in [1.165, 1.54) is 22.5 Å². The van der Waals surface area contributed by atoms with Gasteiger partial charge in [-0.25, -0.2) is 9.99 Å². The van der Waals surface area contributed by atoms with Gasteiger partial charge in [-0.3, -0.25) is 14.6 Å². The van der Waals surface area contributed by atoms with Crippen molar-refractivity contribution in [1.29, 1.82) is 0 Å². The summed E-state index contributed by atoms with van der Waals surface area (Å²) in [5.74, 6) is 0.957. The summed E-state index contributed by atoms with van der Waals surface area (Å²) in [5, 5.41) is 2.98. The highest BCUT2D eigenvalue weighted by atomic mass is 16.7. The third-order valence-corrected chi connectivity index (χ3v) is 4.07. The van der Waals surface area contributed by atoms with Crippen molar-refractivity contribution >= 4 is 11.8 Å². The van der Waals surface area contributed by atoms with E-state index in [1.807, 2.05) is 6.07 Å². The van der Waals surface area contributed by atoms with Crippen LogP contribution in [0.1, 0.15) is 22.5 Å². The van der Waals surface area contributed by atoms with Crippen LogP contribution in [0.15, 0.2) is 30.7 Å². The molecule has 2 aliphatic rings. The molecule has 2 amide bonds. The van der Waals surface area contributed by atoms with E-state index in [0.717, 1.165) is 12.0 Å². The second-order valence-electron chi connectivity index (χ2n) is 5.63. The molecule has 4 rings (SSSR count). The van der Waals surface area contributed by atoms with Gasteiger partial charge in [-0.1, -0.05) is 6.07 Å². The van der Waals surface area contributed by atoms with Gasteiger partial charge in [0.2, 0.25) is 12.7 Å². The van der Waals surface area contributed by atoms with Crippen molar-refractivity contribution in [2.75, 3.05) is 19.9 Å². The highest BCUT2D eigenvalue weighted by molar-refractivity contribution is 5.94. The number of nitrogens with one attached hydrogen (secondary N) is 1. The predicted molar refractivity (Wildman–Crippen MR) is 82.2 cm³/mol. The Kier molecular flexibility index (Phi) is 3.56. The lowest BCUT2D eigenvalue weighted by Crippen LogP contribution is -2.45. The highest BCUT2D eigenvalue weighted by Gasteiger charge is 2.32. The van der Waals surface area contributed by atoms with Gasteiger partial charge in [0.1, 0.15) is 5.69 Å². The number of H-pyrrole nitrogens is 1. The van der Waals surface area contributed by atoms with Crippen LogP contribution in [0.2, 0.25) is 0 Å². The van der Waals surface area contributed by atoms with Crippen molar-refractivity contribution in [2.45, 2.75) is 12.8 Å². The van der Waals surface area contributed by atoms with Crippen LogP contribution in [0.25, 0.3) is 0 Å². The quantitative estimate of drug-likeness (QED) is 0.907. The van der Waals surface area contributed by atoms with Crippen LogP contribution in [-0.2, 0) is 11.2 Å². The maximum absolute atomic E-state index is 12.6. The molecule has 1 N–H and O–H groups in total. The minimum atomic E-state index is -0.246. The molecule has 3 heterocycles. The topological polar surface area (TPSA) is 87.8 Å². The Labute approximate surface area is 138 Å². The summed E-state index contributed by atoms with van der Waals surface area (Å²) in [4.78, 5) is 31.7. The Morgan fingerprint density at radius 1 is 1.17 bits per heavy atom. The van der Waals surface area contributed by atoms with Crippen LogP contribution in [0, 0.1) is 0 Å². The molecule has 8 nitrogen and oxygen atoms in total. The fourth-order valence-corrected chi connectivity index (χ4v) is 2.91. The fourth-order valence-electron chi connectivity index (χ4n) is 2.91. The van der Waals surface area contributed by atoms with Gasteiger partial charge in [-0.2, -0.15) is 0 Å². The number of imidazole rings is 1. The highest BCUT2D eigenvalue weighted by Crippen LogP contribution is 2.32. The molecule has 0 saturated carbocycles. The maximum atomic E-state index is 12.6. The summed E-state index contributed by atoms with van der Waals surface area (Å²) in [6, 6.07) is 5.43. The predicted octanol–water partition coefficient (Wildman–Crippen LogP) is 0.971. The van der Waals surface area contributed by atoms with Gasteiger partial charge in [0.15, 0.2) is 11.5 Å². The zero-order valence-electron chi connectivity index (χ0n) is 12.9. The number of benzene rings is 1. The molecule has 0 bridgehead atoms. The molecule has 0 spiro atoms. The monoisotopic (exact) mass is 328 g/mol. The van der Waals surface area contributed by atoms with Crippen molar-refractivity contribution in [2.24, 2.45) is 0 Å². The minimum Gasteiger partial charge on any atom is -0.454 e. The standard InChI is InChI=1S/C16H16N4O4/c21-15(7-11-2-3-13-14(6-11)24-10-23-13)19-4-1-5-20(19)16(22)12-8-17-9-18-12/h2-3,6,8-9H,1,4-5,7,10H2,(H,17,18). The first kappa shape index (κ1) is 14.6. The van der Waals surface area contributed by atoms with E-state index >= 15 is 0 Å². The number of ether oxygens (including phenoxy) is 2. The Morgan fingerprint density at radius 2 is 2.00 bits per heavy atom. The third-order valence-electron chi connectivity index (χ3n) is 4.07. The van der Waals surface area contributed by atoms with Gasteiger partial charge in [0.25, 0.3) is 5.91 Å². The first-order valence-electron chi connectivity index (χ1n) is 7.71. The summed E-state index contributed by atoms with van der Waals surface area (Å²) in [5.41, 5.74) is 1.20. The average molecular weight is 328 g/mol. The van der Waals surface area contributed by atoms with Crippen LogP contribution >= 0.6 is 0 Å². The summed E-state index contributed by atoms with van der Waals surface area (Å²) >= 11 is 0. The van der Waals surface area contributed by atoms with Crippen molar-refractivity contribution in [3.63, 3.8) is 0 Å². The normalized spacial score (nSPS) is 15.8. The van der Waals surface area contributed by atoms with Crippen LogP contribution in [-0.4, -0.2) is 51.7 Å². The van der Waals surface area contributed by atoms with Gasteiger partial charge in [-0.05, 0) is 24.1 Å². The third kappa shape index (κ3) is 2.55. The number of amides is 2. The smallest absolute Gasteiger partial charge is 0.290 e. The van der Waals surface area contributed by atoms with Crippen LogP contribution < -0.4 is 9.47 Å². The second-order valence-corrected chi connectivity index (χ2v) is 5.63. The minimum absolute atomic E-state index is 0.126.